The van der Waals surface area contributed by atoms with Gasteiger partial charge in [0.05, 0.1) is 12.5 Å². The molecule has 0 fully saturated rings. The number of hydrogen-bond donors (Lipinski definition) is 0. The monoisotopic (exact) mass is 327 g/mol. The van der Waals surface area contributed by atoms with Crippen LogP contribution in [0.5, 0.6) is 0 Å². The highest BCUT2D eigenvalue weighted by Crippen LogP contribution is 2.12. The van der Waals surface area contributed by atoms with E-state index in [1.54, 1.807) is 0 Å². The van der Waals surface area contributed by atoms with Crippen LogP contribution in [0.15, 0.2) is 0 Å². The van der Waals surface area contributed by atoms with Gasteiger partial charge in [0.1, 0.15) is 0 Å². The van der Waals surface area contributed by atoms with E-state index < -0.39 is 0 Å². The summed E-state index contributed by atoms with van der Waals surface area (Å²) in [4.78, 5) is 26.1. The van der Waals surface area contributed by atoms with E-state index in [0.29, 0.717) is 13.0 Å². The maximum Gasteiger partial charge on any atom is 0.307 e. The van der Waals surface area contributed by atoms with E-state index in [1.165, 1.54) is 19.3 Å². The van der Waals surface area contributed by atoms with E-state index in [0.717, 1.165) is 25.7 Å². The minimum Gasteiger partial charge on any atom is -0.463 e. The molecule has 0 aromatic carbocycles. The number of nitrogens with zero attached hydrogens (tertiary/aromatic N) is 1. The largest absolute Gasteiger partial charge is 0.463 e. The Hall–Kier alpha value is -1.06. The Morgan fingerprint density at radius 1 is 0.913 bits per heavy atom. The van der Waals surface area contributed by atoms with Crippen molar-refractivity contribution in [2.75, 3.05) is 6.54 Å². The van der Waals surface area contributed by atoms with Crippen molar-refractivity contribution in [3.8, 4) is 0 Å². The highest BCUT2D eigenvalue weighted by atomic mass is 16.5. The average Bonchev–Trinajstić information content (AvgIpc) is 2.54. The molecule has 4 heteroatoms. The van der Waals surface area contributed by atoms with Gasteiger partial charge in [-0.3, -0.25) is 9.59 Å². The molecule has 0 aromatic rings. The van der Waals surface area contributed by atoms with Gasteiger partial charge < -0.3 is 9.64 Å². The first-order chi connectivity index (χ1) is 11.0. The molecule has 0 radical (unpaired) electrons. The topological polar surface area (TPSA) is 46.6 Å². The van der Waals surface area contributed by atoms with Crippen molar-refractivity contribution < 1.29 is 14.3 Å². The minimum atomic E-state index is -0.205. The second-order valence-corrected chi connectivity index (χ2v) is 6.47. The lowest BCUT2D eigenvalue weighted by atomic mass is 10.1. The summed E-state index contributed by atoms with van der Waals surface area (Å²) in [7, 11) is 0. The van der Waals surface area contributed by atoms with Crippen molar-refractivity contribution in [1.82, 2.24) is 4.90 Å². The fourth-order valence-corrected chi connectivity index (χ4v) is 2.41. The van der Waals surface area contributed by atoms with Gasteiger partial charge in [0, 0.05) is 19.0 Å². The number of ether oxygens (including phenoxy) is 1. The van der Waals surface area contributed by atoms with Gasteiger partial charge in [0.15, 0.2) is 0 Å². The van der Waals surface area contributed by atoms with Gasteiger partial charge in [0.25, 0.3) is 0 Å². The lowest BCUT2D eigenvalue weighted by Crippen LogP contribution is -2.40. The van der Waals surface area contributed by atoms with Crippen LogP contribution < -0.4 is 0 Å². The summed E-state index contributed by atoms with van der Waals surface area (Å²) in [5, 5.41) is 0. The summed E-state index contributed by atoms with van der Waals surface area (Å²) in [6.45, 7) is 10.7. The average molecular weight is 328 g/mol. The zero-order chi connectivity index (χ0) is 17.7. The minimum absolute atomic E-state index is 0.0474. The number of carbonyl (C=O) groups excluding carboxylic acids is 2. The molecule has 0 N–H and O–H groups in total. The van der Waals surface area contributed by atoms with Gasteiger partial charge in [-0.1, -0.05) is 46.5 Å². The van der Waals surface area contributed by atoms with Crippen molar-refractivity contribution in [2.45, 2.75) is 105 Å². The molecule has 4 nitrogen and oxygen atoms in total. The third kappa shape index (κ3) is 10.4. The van der Waals surface area contributed by atoms with Crippen molar-refractivity contribution in [1.29, 1.82) is 0 Å². The SMILES string of the molecule is CCCCCCCC(=O)N(CCC(=O)OC(C)CC)C(C)CC. The molecule has 2 unspecified atom stereocenters. The van der Waals surface area contributed by atoms with Crippen molar-refractivity contribution in [2.24, 2.45) is 0 Å². The summed E-state index contributed by atoms with van der Waals surface area (Å²) >= 11 is 0. The second kappa shape index (κ2) is 13.4. The third-order valence-electron chi connectivity index (χ3n) is 4.40. The van der Waals surface area contributed by atoms with Crippen LogP contribution in [0.3, 0.4) is 0 Å². The number of hydrogen-bond acceptors (Lipinski definition) is 3. The first-order valence-electron chi connectivity index (χ1n) is 9.45. The number of unbranched alkanes of at least 4 members (excludes halogenated alkanes) is 4. The van der Waals surface area contributed by atoms with E-state index in [-0.39, 0.29) is 30.4 Å². The van der Waals surface area contributed by atoms with Crippen LogP contribution in [0.1, 0.15) is 92.4 Å². The number of rotatable bonds is 13. The van der Waals surface area contributed by atoms with Crippen LogP contribution in [-0.4, -0.2) is 35.5 Å². The van der Waals surface area contributed by atoms with Crippen LogP contribution >= 0.6 is 0 Å². The zero-order valence-corrected chi connectivity index (χ0v) is 15.9. The quantitative estimate of drug-likeness (QED) is 0.364. The lowest BCUT2D eigenvalue weighted by Gasteiger charge is -2.28. The van der Waals surface area contributed by atoms with Gasteiger partial charge >= 0.3 is 5.97 Å². The molecule has 0 saturated heterocycles. The number of carbonyl (C=O) groups is 2. The van der Waals surface area contributed by atoms with E-state index in [1.807, 2.05) is 18.7 Å². The maximum absolute atomic E-state index is 12.4. The Labute approximate surface area is 143 Å². The molecular formula is C19H37NO3. The van der Waals surface area contributed by atoms with E-state index in [4.69, 9.17) is 4.74 Å². The van der Waals surface area contributed by atoms with Gasteiger partial charge in [0.2, 0.25) is 5.91 Å². The van der Waals surface area contributed by atoms with E-state index in [9.17, 15) is 9.59 Å². The molecule has 0 spiro atoms. The van der Waals surface area contributed by atoms with Gasteiger partial charge in [-0.25, -0.2) is 0 Å². The van der Waals surface area contributed by atoms with E-state index in [2.05, 4.69) is 20.8 Å². The highest BCUT2D eigenvalue weighted by molar-refractivity contribution is 5.77. The molecular weight excluding hydrogens is 290 g/mol. The summed E-state index contributed by atoms with van der Waals surface area (Å²) in [6, 6.07) is 0.176. The van der Waals surface area contributed by atoms with Gasteiger partial charge in [-0.2, -0.15) is 0 Å². The van der Waals surface area contributed by atoms with Crippen LogP contribution in [0.25, 0.3) is 0 Å². The Morgan fingerprint density at radius 2 is 1.57 bits per heavy atom. The van der Waals surface area contributed by atoms with Crippen LogP contribution in [-0.2, 0) is 14.3 Å². The molecule has 0 aliphatic rings. The van der Waals surface area contributed by atoms with E-state index >= 15 is 0 Å². The fourth-order valence-electron chi connectivity index (χ4n) is 2.41. The molecule has 0 heterocycles. The summed E-state index contributed by atoms with van der Waals surface area (Å²) < 4.78 is 5.29. The van der Waals surface area contributed by atoms with Crippen LogP contribution in [0.4, 0.5) is 0 Å². The Bertz CT molecular complexity index is 331. The molecule has 0 aromatic heterocycles. The van der Waals surface area contributed by atoms with Gasteiger partial charge in [-0.05, 0) is 33.1 Å². The molecule has 0 bridgehead atoms. The van der Waals surface area contributed by atoms with Crippen molar-refractivity contribution >= 4 is 11.9 Å². The number of esters is 1. The second-order valence-electron chi connectivity index (χ2n) is 6.47. The normalized spacial score (nSPS) is 13.4. The molecule has 0 aliphatic heterocycles. The zero-order valence-electron chi connectivity index (χ0n) is 15.9. The fraction of sp³-hybridized carbons (Fsp3) is 0.895. The molecule has 23 heavy (non-hydrogen) atoms. The molecule has 136 valence electrons. The highest BCUT2D eigenvalue weighted by Gasteiger charge is 2.20. The Balaban J connectivity index is 4.29. The third-order valence-corrected chi connectivity index (χ3v) is 4.40. The predicted molar refractivity (Wildman–Crippen MR) is 95.3 cm³/mol. The predicted octanol–water partition coefficient (Wildman–Crippen LogP) is 4.71. The maximum atomic E-state index is 12.4. The van der Waals surface area contributed by atoms with Crippen molar-refractivity contribution in [3.05, 3.63) is 0 Å². The Kier molecular flexibility index (Phi) is 12.8. The lowest BCUT2D eigenvalue weighted by molar-refractivity contribution is -0.149. The van der Waals surface area contributed by atoms with Crippen LogP contribution in [0, 0.1) is 0 Å². The molecule has 0 rings (SSSR count). The molecule has 0 saturated carbocycles. The summed E-state index contributed by atoms with van der Waals surface area (Å²) in [6.07, 6.45) is 8.27. The standard InChI is InChI=1S/C19H37NO3/c1-6-9-10-11-12-13-18(21)20(16(4)7-2)15-14-19(22)23-17(5)8-3/h16-17H,6-15H2,1-5H3. The van der Waals surface area contributed by atoms with Crippen LogP contribution in [0.2, 0.25) is 0 Å². The first kappa shape index (κ1) is 21.9. The molecule has 1 amide bonds. The molecule has 0 aliphatic carbocycles. The summed E-state index contributed by atoms with van der Waals surface area (Å²) in [5.41, 5.74) is 0. The first-order valence-corrected chi connectivity index (χ1v) is 9.45. The smallest absolute Gasteiger partial charge is 0.307 e. The Morgan fingerprint density at radius 3 is 2.13 bits per heavy atom. The van der Waals surface area contributed by atoms with Gasteiger partial charge in [-0.15, -0.1) is 0 Å². The number of amides is 1. The summed E-state index contributed by atoms with van der Waals surface area (Å²) in [5.74, 6) is -0.0319. The molecule has 2 atom stereocenters. The van der Waals surface area contributed by atoms with Crippen molar-refractivity contribution in [3.63, 3.8) is 0 Å².